The molecule has 1 aliphatic carbocycles. The van der Waals surface area contributed by atoms with Gasteiger partial charge in [-0.1, -0.05) is 6.42 Å². The molecule has 6 rings (SSSR count). The zero-order valence-electron chi connectivity index (χ0n) is 24.7. The molecular formula is C31H35F3N8O2. The molecule has 0 unspecified atom stereocenters. The van der Waals surface area contributed by atoms with Crippen molar-refractivity contribution in [1.29, 1.82) is 5.26 Å². The van der Waals surface area contributed by atoms with Crippen LogP contribution in [-0.4, -0.2) is 52.0 Å². The molecule has 0 bridgehead atoms. The zero-order chi connectivity index (χ0) is 31.0. The number of anilines is 2. The van der Waals surface area contributed by atoms with E-state index in [0.29, 0.717) is 42.9 Å². The van der Waals surface area contributed by atoms with Crippen LogP contribution in [0.4, 0.5) is 24.8 Å². The highest BCUT2D eigenvalue weighted by molar-refractivity contribution is 6.10. The van der Waals surface area contributed by atoms with Crippen molar-refractivity contribution in [3.63, 3.8) is 0 Å². The number of nitriles is 1. The Kier molecular flexibility index (Phi) is 8.30. The van der Waals surface area contributed by atoms with Crippen molar-refractivity contribution in [2.24, 2.45) is 18.9 Å². The van der Waals surface area contributed by atoms with Gasteiger partial charge in [-0.05, 0) is 73.2 Å². The minimum Gasteiger partial charge on any atom is -0.381 e. The van der Waals surface area contributed by atoms with Gasteiger partial charge in [0.1, 0.15) is 23.8 Å². The van der Waals surface area contributed by atoms with E-state index < -0.39 is 17.6 Å². The molecule has 2 aliphatic heterocycles. The molecule has 0 spiro atoms. The van der Waals surface area contributed by atoms with E-state index in [1.807, 2.05) is 24.6 Å². The third-order valence-corrected chi connectivity index (χ3v) is 8.98. The van der Waals surface area contributed by atoms with Gasteiger partial charge in [0.15, 0.2) is 0 Å². The van der Waals surface area contributed by atoms with Crippen LogP contribution in [0.3, 0.4) is 0 Å². The number of alkyl halides is 3. The van der Waals surface area contributed by atoms with Crippen molar-refractivity contribution in [1.82, 2.24) is 25.1 Å². The Labute approximate surface area is 253 Å². The summed E-state index contributed by atoms with van der Waals surface area (Å²) in [5.74, 6) is 1.16. The lowest BCUT2D eigenvalue weighted by Gasteiger charge is -2.34. The Morgan fingerprint density at radius 2 is 1.98 bits per heavy atom. The molecule has 1 amide bonds. The number of benzene rings is 1. The van der Waals surface area contributed by atoms with Gasteiger partial charge < -0.3 is 19.9 Å². The number of carbonyl (C=O) groups excluding carboxylic acids is 1. The molecule has 13 heteroatoms. The first-order valence-corrected chi connectivity index (χ1v) is 15.0. The number of aryl methyl sites for hydroxylation is 1. The molecule has 2 fully saturated rings. The SMILES string of the molecule is C[C@@H](NCC1CCC1)c1cc2c(c(C(F)(F)F)c1)CN(c1cc([C@@H](c3nncn3C)C3COC3)cc(NCCC#N)n1)C2=O. The van der Waals surface area contributed by atoms with Crippen LogP contribution in [0.15, 0.2) is 30.6 Å². The Bertz CT molecular complexity index is 1570. The van der Waals surface area contributed by atoms with Crippen molar-refractivity contribution < 1.29 is 22.7 Å². The number of nitrogens with one attached hydrogen (secondary N) is 2. The molecule has 2 N–H and O–H groups in total. The fourth-order valence-corrected chi connectivity index (χ4v) is 6.12. The quantitative estimate of drug-likeness (QED) is 0.294. The van der Waals surface area contributed by atoms with Crippen molar-refractivity contribution in [3.8, 4) is 6.07 Å². The predicted molar refractivity (Wildman–Crippen MR) is 156 cm³/mol. The normalized spacial score (nSPS) is 18.4. The molecule has 2 aromatic heterocycles. The van der Waals surface area contributed by atoms with E-state index in [2.05, 4.69) is 31.9 Å². The van der Waals surface area contributed by atoms with Crippen molar-refractivity contribution in [3.05, 3.63) is 64.2 Å². The van der Waals surface area contributed by atoms with Gasteiger partial charge in [-0.15, -0.1) is 10.2 Å². The predicted octanol–water partition coefficient (Wildman–Crippen LogP) is 4.94. The maximum atomic E-state index is 14.4. The van der Waals surface area contributed by atoms with E-state index in [0.717, 1.165) is 24.9 Å². The van der Waals surface area contributed by atoms with Gasteiger partial charge in [-0.2, -0.15) is 18.4 Å². The number of nitrogens with zero attached hydrogens (tertiary/aromatic N) is 6. The van der Waals surface area contributed by atoms with Crippen LogP contribution in [0.1, 0.15) is 83.0 Å². The fourth-order valence-electron chi connectivity index (χ4n) is 6.12. The van der Waals surface area contributed by atoms with Gasteiger partial charge in [0, 0.05) is 31.1 Å². The number of hydrogen-bond donors (Lipinski definition) is 2. The summed E-state index contributed by atoms with van der Waals surface area (Å²) in [6.07, 6.45) is 0.620. The second-order valence-corrected chi connectivity index (χ2v) is 12.0. The van der Waals surface area contributed by atoms with Crippen LogP contribution < -0.4 is 15.5 Å². The molecule has 1 saturated heterocycles. The number of ether oxygens (including phenoxy) is 1. The Morgan fingerprint density at radius 3 is 2.59 bits per heavy atom. The van der Waals surface area contributed by atoms with Gasteiger partial charge in [-0.3, -0.25) is 9.69 Å². The number of amides is 1. The van der Waals surface area contributed by atoms with Crippen LogP contribution >= 0.6 is 0 Å². The second kappa shape index (κ2) is 12.2. The van der Waals surface area contributed by atoms with E-state index in [-0.39, 0.29) is 47.8 Å². The summed E-state index contributed by atoms with van der Waals surface area (Å²) in [6.45, 7) is 3.63. The van der Waals surface area contributed by atoms with Gasteiger partial charge in [0.05, 0.1) is 43.7 Å². The van der Waals surface area contributed by atoms with E-state index >= 15 is 0 Å². The first kappa shape index (κ1) is 30.0. The second-order valence-electron chi connectivity index (χ2n) is 12.0. The van der Waals surface area contributed by atoms with E-state index in [1.165, 1.54) is 17.4 Å². The Hall–Kier alpha value is -4.02. The summed E-state index contributed by atoms with van der Waals surface area (Å²) in [5, 5.41) is 23.9. The first-order chi connectivity index (χ1) is 21.1. The topological polar surface area (TPSA) is 121 Å². The smallest absolute Gasteiger partial charge is 0.381 e. The monoisotopic (exact) mass is 608 g/mol. The molecule has 1 saturated carbocycles. The van der Waals surface area contributed by atoms with Crippen LogP contribution in [-0.2, 0) is 24.5 Å². The Morgan fingerprint density at radius 1 is 1.18 bits per heavy atom. The number of aromatic nitrogens is 4. The summed E-state index contributed by atoms with van der Waals surface area (Å²) in [5.41, 5.74) is 0.383. The highest BCUT2D eigenvalue weighted by Gasteiger charge is 2.42. The van der Waals surface area contributed by atoms with Crippen molar-refractivity contribution in [2.75, 3.05) is 36.5 Å². The number of halogens is 3. The molecular weight excluding hydrogens is 573 g/mol. The number of hydrogen-bond acceptors (Lipinski definition) is 8. The molecule has 10 nitrogen and oxygen atoms in total. The number of pyridine rings is 1. The maximum Gasteiger partial charge on any atom is 0.416 e. The van der Waals surface area contributed by atoms with Gasteiger partial charge >= 0.3 is 6.18 Å². The third-order valence-electron chi connectivity index (χ3n) is 8.98. The number of rotatable bonds is 11. The fraction of sp³-hybridized carbons (Fsp3) is 0.516. The first-order valence-electron chi connectivity index (χ1n) is 15.0. The van der Waals surface area contributed by atoms with E-state index in [9.17, 15) is 18.0 Å². The summed E-state index contributed by atoms with van der Waals surface area (Å²) >= 11 is 0. The van der Waals surface area contributed by atoms with Crippen LogP contribution in [0.25, 0.3) is 0 Å². The standard InChI is InChI=1S/C31H35F3N8O2/c1-18(37-13-19-5-3-6-19)20-9-23-24(25(10-20)31(32,33)34)14-42(30(23)43)27-12-21(11-26(39-27)36-8-4-7-35)28(22-15-44-16-22)29-40-38-17-41(29)2/h9-12,17-19,22,28,37H,3-6,8,13-16H2,1-2H3,(H,36,39)/t18-,28-/m1/s1. The third kappa shape index (κ3) is 5.88. The molecule has 44 heavy (non-hydrogen) atoms. The summed E-state index contributed by atoms with van der Waals surface area (Å²) in [7, 11) is 1.84. The van der Waals surface area contributed by atoms with Crippen LogP contribution in [0.2, 0.25) is 0 Å². The van der Waals surface area contributed by atoms with Gasteiger partial charge in [0.2, 0.25) is 0 Å². The van der Waals surface area contributed by atoms with E-state index in [4.69, 9.17) is 10.00 Å². The average Bonchev–Trinajstić information content (AvgIpc) is 3.51. The van der Waals surface area contributed by atoms with Crippen molar-refractivity contribution >= 4 is 17.5 Å². The molecule has 2 atom stereocenters. The summed E-state index contributed by atoms with van der Waals surface area (Å²) < 4.78 is 50.6. The lowest BCUT2D eigenvalue weighted by atomic mass is 9.84. The highest BCUT2D eigenvalue weighted by atomic mass is 19.4. The molecule has 232 valence electrons. The lowest BCUT2D eigenvalue weighted by Crippen LogP contribution is -2.35. The molecule has 3 aliphatic rings. The number of fused-ring (bicyclic) bond motifs is 1. The summed E-state index contributed by atoms with van der Waals surface area (Å²) in [4.78, 5) is 19.8. The molecule has 0 radical (unpaired) electrons. The van der Waals surface area contributed by atoms with Gasteiger partial charge in [0.25, 0.3) is 5.91 Å². The highest BCUT2D eigenvalue weighted by Crippen LogP contribution is 2.42. The van der Waals surface area contributed by atoms with Crippen molar-refractivity contribution in [2.45, 2.75) is 57.3 Å². The van der Waals surface area contributed by atoms with E-state index in [1.54, 1.807) is 18.5 Å². The largest absolute Gasteiger partial charge is 0.416 e. The molecule has 1 aromatic carbocycles. The molecule has 3 aromatic rings. The molecule has 4 heterocycles. The van der Waals surface area contributed by atoms with Gasteiger partial charge in [-0.25, -0.2) is 4.98 Å². The Balaban J connectivity index is 1.38. The minimum atomic E-state index is -4.64. The van der Waals surface area contributed by atoms with Crippen LogP contribution in [0, 0.1) is 23.2 Å². The lowest BCUT2D eigenvalue weighted by molar-refractivity contribution is -0.138. The minimum absolute atomic E-state index is 0.0376. The maximum absolute atomic E-state index is 14.4. The van der Waals surface area contributed by atoms with Crippen LogP contribution in [0.5, 0.6) is 0 Å². The zero-order valence-corrected chi connectivity index (χ0v) is 24.7. The average molecular weight is 609 g/mol. The summed E-state index contributed by atoms with van der Waals surface area (Å²) in [6, 6.07) is 8.08. The number of carbonyl (C=O) groups is 1.